The van der Waals surface area contributed by atoms with Crippen molar-refractivity contribution in [3.05, 3.63) is 39.9 Å². The standard InChI is InChI=1S/C18H25NO13/c20-5-9-11(21)13(23)15(25)17(31-9)30-6-10-12(22)14(24)16(26)18(27,32-10)7-1-3-8(4-2-7)19(28)29/h1-4,9-17,20-27H,5-6H2/t9-,10-,11-,12-,13+,14+,15-,16-,17+,18-/m1/s1. The zero-order valence-corrected chi connectivity index (χ0v) is 16.5. The van der Waals surface area contributed by atoms with Gasteiger partial charge in [-0.15, -0.1) is 0 Å². The summed E-state index contributed by atoms with van der Waals surface area (Å²) in [4.78, 5) is 10.1. The van der Waals surface area contributed by atoms with Crippen LogP contribution >= 0.6 is 0 Å². The maximum atomic E-state index is 10.9. The first kappa shape index (κ1) is 24.8. The van der Waals surface area contributed by atoms with Gasteiger partial charge in [-0.1, -0.05) is 0 Å². The molecule has 3 rings (SSSR count). The molecule has 0 amide bonds. The van der Waals surface area contributed by atoms with Gasteiger partial charge in [-0.25, -0.2) is 0 Å². The van der Waals surface area contributed by atoms with Crippen molar-refractivity contribution in [2.75, 3.05) is 13.2 Å². The molecular formula is C18H25NO13. The molecule has 1 aromatic rings. The summed E-state index contributed by atoms with van der Waals surface area (Å²) >= 11 is 0. The first-order valence-corrected chi connectivity index (χ1v) is 9.62. The Hall–Kier alpha value is -1.82. The van der Waals surface area contributed by atoms with E-state index in [1.165, 1.54) is 0 Å². The Morgan fingerprint density at radius 3 is 2.09 bits per heavy atom. The number of ether oxygens (including phenoxy) is 3. The van der Waals surface area contributed by atoms with Crippen molar-refractivity contribution in [2.45, 2.75) is 60.9 Å². The summed E-state index contributed by atoms with van der Waals surface area (Å²) in [7, 11) is 0. The highest BCUT2D eigenvalue weighted by Crippen LogP contribution is 2.37. The fraction of sp³-hybridized carbons (Fsp3) is 0.667. The highest BCUT2D eigenvalue weighted by Gasteiger charge is 2.54. The first-order chi connectivity index (χ1) is 15.0. The van der Waals surface area contributed by atoms with Crippen LogP contribution in [0.15, 0.2) is 24.3 Å². The van der Waals surface area contributed by atoms with Crippen LogP contribution in [0.5, 0.6) is 0 Å². The van der Waals surface area contributed by atoms with E-state index in [1.54, 1.807) is 0 Å². The molecule has 0 radical (unpaired) electrons. The number of hydrogen-bond acceptors (Lipinski definition) is 13. The molecule has 32 heavy (non-hydrogen) atoms. The summed E-state index contributed by atoms with van der Waals surface area (Å²) < 4.78 is 15.8. The van der Waals surface area contributed by atoms with Crippen molar-refractivity contribution in [2.24, 2.45) is 0 Å². The van der Waals surface area contributed by atoms with Crippen LogP contribution in [0.25, 0.3) is 0 Å². The van der Waals surface area contributed by atoms with E-state index in [1.807, 2.05) is 0 Å². The number of benzene rings is 1. The lowest BCUT2D eigenvalue weighted by atomic mass is 9.88. The third-order valence-electron chi connectivity index (χ3n) is 5.55. The van der Waals surface area contributed by atoms with Crippen molar-refractivity contribution < 1.29 is 60.0 Å². The lowest BCUT2D eigenvalue weighted by Crippen LogP contribution is -2.64. The van der Waals surface area contributed by atoms with Crippen LogP contribution < -0.4 is 0 Å². The van der Waals surface area contributed by atoms with Gasteiger partial charge in [0.2, 0.25) is 5.79 Å². The van der Waals surface area contributed by atoms with Gasteiger partial charge in [0.15, 0.2) is 6.29 Å². The van der Waals surface area contributed by atoms with Gasteiger partial charge in [0.25, 0.3) is 5.69 Å². The zero-order chi connectivity index (χ0) is 23.8. The van der Waals surface area contributed by atoms with E-state index in [9.17, 15) is 51.0 Å². The fourth-order valence-electron chi connectivity index (χ4n) is 3.60. The number of aliphatic hydroxyl groups excluding tert-OH is 7. The quantitative estimate of drug-likeness (QED) is 0.149. The van der Waals surface area contributed by atoms with E-state index in [2.05, 4.69) is 0 Å². The predicted molar refractivity (Wildman–Crippen MR) is 99.6 cm³/mol. The maximum Gasteiger partial charge on any atom is 0.269 e. The molecule has 0 bridgehead atoms. The number of rotatable bonds is 6. The maximum absolute atomic E-state index is 10.9. The molecule has 2 saturated heterocycles. The predicted octanol–water partition coefficient (Wildman–Crippen LogP) is -3.96. The summed E-state index contributed by atoms with van der Waals surface area (Å²) in [5, 5.41) is 91.3. The molecule has 14 nitrogen and oxygen atoms in total. The van der Waals surface area contributed by atoms with Crippen molar-refractivity contribution in [3.8, 4) is 0 Å². The SMILES string of the molecule is O=[N+]([O-])c1ccc([C@@]2(O)O[C@H](CO[C@H]3O[C@H](CO)[C@@H](O)[C@H](O)[C@H]3O)[C@@H](O)[C@H](O)[C@H]2O)cc1. The van der Waals surface area contributed by atoms with Crippen molar-refractivity contribution in [1.29, 1.82) is 0 Å². The van der Waals surface area contributed by atoms with Crippen molar-refractivity contribution in [1.82, 2.24) is 0 Å². The molecule has 8 N–H and O–H groups in total. The van der Waals surface area contributed by atoms with Crippen LogP contribution in [0, 0.1) is 10.1 Å². The van der Waals surface area contributed by atoms with Crippen LogP contribution in [0.2, 0.25) is 0 Å². The van der Waals surface area contributed by atoms with Gasteiger partial charge in [0, 0.05) is 17.7 Å². The number of hydrogen-bond donors (Lipinski definition) is 8. The molecule has 2 fully saturated rings. The smallest absolute Gasteiger partial charge is 0.269 e. The molecule has 0 aromatic heterocycles. The van der Waals surface area contributed by atoms with Crippen molar-refractivity contribution >= 4 is 5.69 Å². The number of nitro benzene ring substituents is 1. The Kier molecular flexibility index (Phi) is 7.43. The molecule has 2 aliphatic heterocycles. The average Bonchev–Trinajstić information content (AvgIpc) is 2.78. The third kappa shape index (κ3) is 4.48. The summed E-state index contributed by atoms with van der Waals surface area (Å²) in [6.07, 6.45) is -15.1. The second kappa shape index (κ2) is 9.58. The van der Waals surface area contributed by atoms with Crippen molar-refractivity contribution in [3.63, 3.8) is 0 Å². The summed E-state index contributed by atoms with van der Waals surface area (Å²) in [5.74, 6) is -2.59. The topological polar surface area (TPSA) is 233 Å². The van der Waals surface area contributed by atoms with Crippen LogP contribution in [0.1, 0.15) is 5.56 Å². The molecule has 10 atom stereocenters. The summed E-state index contributed by atoms with van der Waals surface area (Å²) in [6, 6.07) is 4.28. The minimum Gasteiger partial charge on any atom is -0.394 e. The van der Waals surface area contributed by atoms with Gasteiger partial charge in [-0.3, -0.25) is 10.1 Å². The van der Waals surface area contributed by atoms with Crippen LogP contribution in [0.3, 0.4) is 0 Å². The molecule has 0 spiro atoms. The van der Waals surface area contributed by atoms with E-state index in [0.29, 0.717) is 0 Å². The molecule has 14 heteroatoms. The first-order valence-electron chi connectivity index (χ1n) is 9.62. The van der Waals surface area contributed by atoms with Crippen LogP contribution in [-0.2, 0) is 20.0 Å². The largest absolute Gasteiger partial charge is 0.394 e. The van der Waals surface area contributed by atoms with Crippen LogP contribution in [-0.4, -0.2) is 114 Å². The molecule has 2 aliphatic rings. The second-order valence-corrected chi connectivity index (χ2v) is 7.61. The monoisotopic (exact) mass is 463 g/mol. The van der Waals surface area contributed by atoms with E-state index < -0.39 is 79.0 Å². The highest BCUT2D eigenvalue weighted by atomic mass is 16.7. The van der Waals surface area contributed by atoms with Gasteiger partial charge in [0.05, 0.1) is 18.1 Å². The Bertz CT molecular complexity index is 792. The Labute approximate surface area is 180 Å². The third-order valence-corrected chi connectivity index (χ3v) is 5.55. The Morgan fingerprint density at radius 1 is 0.938 bits per heavy atom. The number of aliphatic hydroxyl groups is 8. The van der Waals surface area contributed by atoms with Gasteiger partial charge < -0.3 is 55.1 Å². The number of nitro groups is 1. The molecule has 0 saturated carbocycles. The van der Waals surface area contributed by atoms with E-state index >= 15 is 0 Å². The molecule has 0 unspecified atom stereocenters. The Morgan fingerprint density at radius 2 is 1.53 bits per heavy atom. The summed E-state index contributed by atoms with van der Waals surface area (Å²) in [5.41, 5.74) is -0.454. The molecule has 2 heterocycles. The summed E-state index contributed by atoms with van der Waals surface area (Å²) in [6.45, 7) is -1.33. The van der Waals surface area contributed by atoms with Crippen LogP contribution in [0.4, 0.5) is 5.69 Å². The normalized spacial score (nSPS) is 42.6. The second-order valence-electron chi connectivity index (χ2n) is 7.61. The van der Waals surface area contributed by atoms with Gasteiger partial charge in [-0.2, -0.15) is 0 Å². The highest BCUT2D eigenvalue weighted by molar-refractivity contribution is 5.35. The fourth-order valence-corrected chi connectivity index (χ4v) is 3.60. The number of nitrogens with zero attached hydrogens (tertiary/aromatic N) is 1. The zero-order valence-electron chi connectivity index (χ0n) is 16.5. The molecule has 1 aromatic carbocycles. The molecule has 0 aliphatic carbocycles. The lowest BCUT2D eigenvalue weighted by molar-refractivity contribution is -0.385. The number of non-ortho nitro benzene ring substituents is 1. The minimum atomic E-state index is -2.59. The van der Waals surface area contributed by atoms with E-state index in [0.717, 1.165) is 24.3 Å². The average molecular weight is 463 g/mol. The van der Waals surface area contributed by atoms with E-state index in [4.69, 9.17) is 14.2 Å². The van der Waals surface area contributed by atoms with Gasteiger partial charge in [-0.05, 0) is 12.1 Å². The van der Waals surface area contributed by atoms with Gasteiger partial charge in [0.1, 0.15) is 48.8 Å². The lowest BCUT2D eigenvalue weighted by Gasteiger charge is -2.46. The minimum absolute atomic E-state index is 0.153. The van der Waals surface area contributed by atoms with E-state index in [-0.39, 0.29) is 11.3 Å². The van der Waals surface area contributed by atoms with Gasteiger partial charge >= 0.3 is 0 Å². The Balaban J connectivity index is 1.76. The molecular weight excluding hydrogens is 438 g/mol. The molecule has 180 valence electrons.